The van der Waals surface area contributed by atoms with E-state index in [-0.39, 0.29) is 23.3 Å². The Morgan fingerprint density at radius 1 is 1.13 bits per heavy atom. The summed E-state index contributed by atoms with van der Waals surface area (Å²) in [4.78, 5) is 19.7. The number of nitrogens with zero attached hydrogens (tertiary/aromatic N) is 2. The predicted molar refractivity (Wildman–Crippen MR) is 127 cm³/mol. The quantitative estimate of drug-likeness (QED) is 0.490. The molecule has 1 aliphatic carbocycles. The van der Waals surface area contributed by atoms with Crippen LogP contribution in [0.3, 0.4) is 0 Å². The molecule has 0 unspecified atom stereocenters. The minimum absolute atomic E-state index is 0.0143. The lowest BCUT2D eigenvalue weighted by atomic mass is 10.1. The molecular formula is C24H28N2O3S2. The largest absolute Gasteiger partial charge is 0.284 e. The van der Waals surface area contributed by atoms with Gasteiger partial charge in [0.05, 0.1) is 27.8 Å². The molecule has 31 heavy (non-hydrogen) atoms. The van der Waals surface area contributed by atoms with Gasteiger partial charge < -0.3 is 0 Å². The van der Waals surface area contributed by atoms with E-state index in [1.807, 2.05) is 43.3 Å². The monoisotopic (exact) mass is 456 g/mol. The van der Waals surface area contributed by atoms with Crippen molar-refractivity contribution in [2.24, 2.45) is 0 Å². The zero-order valence-corrected chi connectivity index (χ0v) is 19.6. The summed E-state index contributed by atoms with van der Waals surface area (Å²) in [5.41, 5.74) is 4.13. The summed E-state index contributed by atoms with van der Waals surface area (Å²) in [7, 11) is -3.25. The van der Waals surface area contributed by atoms with Gasteiger partial charge in [0, 0.05) is 6.42 Å². The number of amides is 1. The van der Waals surface area contributed by atoms with Crippen LogP contribution >= 0.6 is 11.3 Å². The van der Waals surface area contributed by atoms with Crippen LogP contribution in [0.2, 0.25) is 0 Å². The Kier molecular flexibility index (Phi) is 6.44. The molecule has 2 aromatic carbocycles. The summed E-state index contributed by atoms with van der Waals surface area (Å²) in [5.74, 6) is -0.288. The Balaban J connectivity index is 1.61. The van der Waals surface area contributed by atoms with E-state index in [0.29, 0.717) is 11.7 Å². The summed E-state index contributed by atoms with van der Waals surface area (Å²) in [5, 5.41) is 0.340. The first kappa shape index (κ1) is 22.0. The van der Waals surface area contributed by atoms with Gasteiger partial charge in [-0.05, 0) is 49.4 Å². The first-order chi connectivity index (χ1) is 14.8. The van der Waals surface area contributed by atoms with Gasteiger partial charge in [0.25, 0.3) is 0 Å². The standard InChI is InChI=1S/C24H28N2O3S2/c1-17-14-18(2)23-21(15-17)25-24(30-23)26(16-19-8-4-3-5-9-19)22(27)12-13-31(28,29)20-10-6-7-11-20/h3-5,8-9,14-15,20H,6-7,10-13,16H2,1-2H3. The smallest absolute Gasteiger partial charge is 0.230 e. The molecule has 1 amide bonds. The number of carbonyl (C=O) groups is 1. The van der Waals surface area contributed by atoms with Crippen molar-refractivity contribution < 1.29 is 13.2 Å². The predicted octanol–water partition coefficient (Wildman–Crippen LogP) is 5.19. The molecule has 0 spiro atoms. The molecule has 5 nitrogen and oxygen atoms in total. The highest BCUT2D eigenvalue weighted by molar-refractivity contribution is 7.92. The van der Waals surface area contributed by atoms with Gasteiger partial charge in [0.15, 0.2) is 15.0 Å². The van der Waals surface area contributed by atoms with Gasteiger partial charge in [-0.3, -0.25) is 9.69 Å². The second-order valence-corrected chi connectivity index (χ2v) is 11.8. The van der Waals surface area contributed by atoms with Crippen molar-refractivity contribution in [1.29, 1.82) is 0 Å². The summed E-state index contributed by atoms with van der Waals surface area (Å²) in [6.07, 6.45) is 3.35. The number of thiazole rings is 1. The van der Waals surface area contributed by atoms with Crippen LogP contribution in [0.25, 0.3) is 10.2 Å². The lowest BCUT2D eigenvalue weighted by Crippen LogP contribution is -2.33. The van der Waals surface area contributed by atoms with Crippen molar-refractivity contribution in [2.75, 3.05) is 10.7 Å². The van der Waals surface area contributed by atoms with Crippen LogP contribution in [-0.4, -0.2) is 30.3 Å². The number of benzene rings is 2. The third-order valence-corrected chi connectivity index (χ3v) is 9.42. The van der Waals surface area contributed by atoms with Crippen molar-refractivity contribution in [3.8, 4) is 0 Å². The van der Waals surface area contributed by atoms with E-state index in [4.69, 9.17) is 4.98 Å². The number of aromatic nitrogens is 1. The second kappa shape index (κ2) is 9.09. The number of anilines is 1. The zero-order valence-electron chi connectivity index (χ0n) is 18.0. The molecule has 1 aromatic heterocycles. The Labute approximate surface area is 188 Å². The molecule has 1 fully saturated rings. The average Bonchev–Trinajstić information content (AvgIpc) is 3.42. The summed E-state index contributed by atoms with van der Waals surface area (Å²) in [6, 6.07) is 13.9. The molecular weight excluding hydrogens is 428 g/mol. The van der Waals surface area contributed by atoms with E-state index in [1.165, 1.54) is 11.3 Å². The molecule has 0 atom stereocenters. The zero-order chi connectivity index (χ0) is 22.0. The van der Waals surface area contributed by atoms with E-state index in [1.54, 1.807) is 4.90 Å². The van der Waals surface area contributed by atoms with Gasteiger partial charge in [-0.15, -0.1) is 0 Å². The molecule has 0 aliphatic heterocycles. The van der Waals surface area contributed by atoms with Crippen LogP contribution < -0.4 is 4.90 Å². The molecule has 0 bridgehead atoms. The summed E-state index contributed by atoms with van der Waals surface area (Å²) in [6.45, 7) is 4.46. The van der Waals surface area contributed by atoms with E-state index in [0.717, 1.165) is 52.6 Å². The third kappa shape index (κ3) is 4.99. The number of hydrogen-bond acceptors (Lipinski definition) is 5. The van der Waals surface area contributed by atoms with Gasteiger partial charge in [-0.2, -0.15) is 0 Å². The van der Waals surface area contributed by atoms with Gasteiger partial charge >= 0.3 is 0 Å². The fourth-order valence-electron chi connectivity index (χ4n) is 4.29. The molecule has 7 heteroatoms. The second-order valence-electron chi connectivity index (χ2n) is 8.42. The lowest BCUT2D eigenvalue weighted by Gasteiger charge is -2.20. The van der Waals surface area contributed by atoms with Crippen LogP contribution in [0.4, 0.5) is 5.13 Å². The molecule has 0 saturated heterocycles. The van der Waals surface area contributed by atoms with Crippen LogP contribution in [0.1, 0.15) is 48.8 Å². The van der Waals surface area contributed by atoms with Gasteiger partial charge in [-0.25, -0.2) is 13.4 Å². The van der Waals surface area contributed by atoms with Gasteiger partial charge in [-0.1, -0.05) is 60.6 Å². The normalized spacial score (nSPS) is 14.9. The maximum Gasteiger partial charge on any atom is 0.230 e. The van der Waals surface area contributed by atoms with E-state index in [2.05, 4.69) is 13.0 Å². The molecule has 3 aromatic rings. The molecule has 0 N–H and O–H groups in total. The number of fused-ring (bicyclic) bond motifs is 1. The Morgan fingerprint density at radius 2 is 1.84 bits per heavy atom. The van der Waals surface area contributed by atoms with Crippen molar-refractivity contribution >= 4 is 42.4 Å². The molecule has 4 rings (SSSR count). The fraction of sp³-hybridized carbons (Fsp3) is 0.417. The van der Waals surface area contributed by atoms with E-state index in [9.17, 15) is 13.2 Å². The first-order valence-corrected chi connectivity index (χ1v) is 13.3. The van der Waals surface area contributed by atoms with E-state index >= 15 is 0 Å². The van der Waals surface area contributed by atoms with Crippen LogP contribution in [-0.2, 0) is 21.2 Å². The lowest BCUT2D eigenvalue weighted by molar-refractivity contribution is -0.118. The Bertz CT molecular complexity index is 1180. The number of rotatable bonds is 7. The fourth-order valence-corrected chi connectivity index (χ4v) is 7.16. The summed E-state index contributed by atoms with van der Waals surface area (Å²) < 4.78 is 26.4. The van der Waals surface area contributed by atoms with E-state index < -0.39 is 9.84 Å². The van der Waals surface area contributed by atoms with Crippen LogP contribution in [0.15, 0.2) is 42.5 Å². The topological polar surface area (TPSA) is 67.3 Å². The first-order valence-electron chi connectivity index (χ1n) is 10.8. The number of sulfone groups is 1. The molecule has 1 aliphatic rings. The van der Waals surface area contributed by atoms with Crippen molar-refractivity contribution in [2.45, 2.75) is 57.7 Å². The minimum Gasteiger partial charge on any atom is -0.284 e. The van der Waals surface area contributed by atoms with Crippen LogP contribution in [0, 0.1) is 13.8 Å². The average molecular weight is 457 g/mol. The number of carbonyl (C=O) groups excluding carboxylic acids is 1. The maximum absolute atomic E-state index is 13.3. The Hall–Kier alpha value is -2.25. The van der Waals surface area contributed by atoms with Crippen LogP contribution in [0.5, 0.6) is 0 Å². The van der Waals surface area contributed by atoms with Gasteiger partial charge in [0.2, 0.25) is 5.91 Å². The molecule has 164 valence electrons. The van der Waals surface area contributed by atoms with Gasteiger partial charge in [0.1, 0.15) is 0 Å². The number of aryl methyl sites for hydroxylation is 2. The molecule has 1 saturated carbocycles. The SMILES string of the molecule is Cc1cc(C)c2sc(N(Cc3ccccc3)C(=O)CCS(=O)(=O)C3CCCC3)nc2c1. The van der Waals surface area contributed by atoms with Crippen molar-refractivity contribution in [3.05, 3.63) is 59.2 Å². The maximum atomic E-state index is 13.3. The highest BCUT2D eigenvalue weighted by Gasteiger charge is 2.30. The number of hydrogen-bond donors (Lipinski definition) is 0. The Morgan fingerprint density at radius 3 is 2.55 bits per heavy atom. The van der Waals surface area contributed by atoms with Crippen molar-refractivity contribution in [3.63, 3.8) is 0 Å². The minimum atomic E-state index is -3.25. The molecule has 0 radical (unpaired) electrons. The summed E-state index contributed by atoms with van der Waals surface area (Å²) >= 11 is 1.49. The third-order valence-electron chi connectivity index (χ3n) is 5.93. The highest BCUT2D eigenvalue weighted by atomic mass is 32.2. The highest BCUT2D eigenvalue weighted by Crippen LogP contribution is 2.33. The van der Waals surface area contributed by atoms with Crippen molar-refractivity contribution in [1.82, 2.24) is 4.98 Å². The molecule has 1 heterocycles.